The Morgan fingerprint density at radius 3 is 2.73 bits per heavy atom. The van der Waals surface area contributed by atoms with Crippen molar-refractivity contribution in [2.75, 3.05) is 32.7 Å². The number of methoxy groups -OCH3 is 1. The molecular formula is C8H16O2S. The van der Waals surface area contributed by atoms with E-state index >= 15 is 0 Å². The van der Waals surface area contributed by atoms with Crippen LogP contribution < -0.4 is 0 Å². The summed E-state index contributed by atoms with van der Waals surface area (Å²) >= 11 is 4.02. The lowest BCUT2D eigenvalue weighted by molar-refractivity contribution is 0.120. The van der Waals surface area contributed by atoms with E-state index in [-0.39, 0.29) is 0 Å². The maximum atomic E-state index is 5.24. The predicted octanol–water partition coefficient (Wildman–Crippen LogP) is 1.53. The minimum Gasteiger partial charge on any atom is -0.385 e. The summed E-state index contributed by atoms with van der Waals surface area (Å²) in [7, 11) is 1.70. The molecule has 0 radical (unpaired) electrons. The molecule has 0 N–H and O–H groups in total. The fourth-order valence-corrected chi connectivity index (χ4v) is 0.748. The maximum Gasteiger partial charge on any atom is 0.0647 e. The second-order valence-corrected chi connectivity index (χ2v) is 2.44. The fraction of sp³-hybridized carbons (Fsp3) is 0.750. The minimum absolute atomic E-state index is 0.685. The lowest BCUT2D eigenvalue weighted by atomic mass is 10.5. The van der Waals surface area contributed by atoms with Crippen molar-refractivity contribution in [3.8, 4) is 0 Å². The molecule has 0 aromatic carbocycles. The Morgan fingerprint density at radius 2 is 2.09 bits per heavy atom. The first-order valence-electron chi connectivity index (χ1n) is 3.74. The van der Waals surface area contributed by atoms with Gasteiger partial charge in [0.1, 0.15) is 0 Å². The third-order valence-electron chi connectivity index (χ3n) is 1.12. The molecule has 0 amide bonds. The van der Waals surface area contributed by atoms with Crippen LogP contribution in [0.5, 0.6) is 0 Å². The van der Waals surface area contributed by atoms with Crippen LogP contribution in [0.4, 0.5) is 0 Å². The summed E-state index contributed by atoms with van der Waals surface area (Å²) in [4.78, 5) is 0. The number of hydrogen-bond donors (Lipinski definition) is 1. The second kappa shape index (κ2) is 10.0. The first-order valence-corrected chi connectivity index (χ1v) is 4.37. The molecule has 0 fully saturated rings. The Morgan fingerprint density at radius 1 is 1.27 bits per heavy atom. The SMILES string of the molecule is COCCCOCC=CCS. The van der Waals surface area contributed by atoms with Gasteiger partial charge in [0.05, 0.1) is 6.61 Å². The quantitative estimate of drug-likeness (QED) is 0.360. The summed E-state index contributed by atoms with van der Waals surface area (Å²) in [5.41, 5.74) is 0. The number of rotatable bonds is 7. The molecule has 0 aliphatic carbocycles. The smallest absolute Gasteiger partial charge is 0.0647 e. The summed E-state index contributed by atoms with van der Waals surface area (Å²) in [6, 6.07) is 0. The Kier molecular flexibility index (Phi) is 10.0. The van der Waals surface area contributed by atoms with Crippen LogP contribution in [0.15, 0.2) is 12.2 Å². The molecule has 2 nitrogen and oxygen atoms in total. The molecule has 0 heterocycles. The van der Waals surface area contributed by atoms with E-state index in [1.54, 1.807) is 7.11 Å². The van der Waals surface area contributed by atoms with Crippen LogP contribution in [0.1, 0.15) is 6.42 Å². The molecular weight excluding hydrogens is 160 g/mol. The third kappa shape index (κ3) is 10.0. The van der Waals surface area contributed by atoms with Crippen molar-refractivity contribution >= 4 is 12.6 Å². The zero-order valence-corrected chi connectivity index (χ0v) is 7.85. The summed E-state index contributed by atoms with van der Waals surface area (Å²) in [6.07, 6.45) is 4.91. The number of ether oxygens (including phenoxy) is 2. The van der Waals surface area contributed by atoms with Crippen LogP contribution in [-0.2, 0) is 9.47 Å². The lowest BCUT2D eigenvalue weighted by Crippen LogP contribution is -1.98. The Bertz CT molecular complexity index is 94.1. The van der Waals surface area contributed by atoms with E-state index in [1.165, 1.54) is 0 Å². The van der Waals surface area contributed by atoms with Gasteiger partial charge in [-0.15, -0.1) is 0 Å². The van der Waals surface area contributed by atoms with Gasteiger partial charge in [-0.1, -0.05) is 12.2 Å². The molecule has 0 aliphatic rings. The van der Waals surface area contributed by atoms with E-state index < -0.39 is 0 Å². The number of hydrogen-bond acceptors (Lipinski definition) is 3. The van der Waals surface area contributed by atoms with Crippen LogP contribution in [0.3, 0.4) is 0 Å². The Labute approximate surface area is 74.0 Å². The van der Waals surface area contributed by atoms with E-state index in [4.69, 9.17) is 9.47 Å². The third-order valence-corrected chi connectivity index (χ3v) is 1.33. The van der Waals surface area contributed by atoms with Crippen molar-refractivity contribution in [2.45, 2.75) is 6.42 Å². The highest BCUT2D eigenvalue weighted by atomic mass is 32.1. The van der Waals surface area contributed by atoms with Crippen LogP contribution >= 0.6 is 12.6 Å². The molecule has 0 rings (SSSR count). The average molecular weight is 176 g/mol. The van der Waals surface area contributed by atoms with Crippen LogP contribution in [0, 0.1) is 0 Å². The van der Waals surface area contributed by atoms with Gasteiger partial charge < -0.3 is 9.47 Å². The standard InChI is InChI=1S/C8H16O2S/c1-9-5-4-7-10-6-2-3-8-11/h2-3,11H,4-8H2,1H3. The topological polar surface area (TPSA) is 18.5 Å². The molecule has 0 aliphatic heterocycles. The highest BCUT2D eigenvalue weighted by Crippen LogP contribution is 1.84. The number of thiol groups is 1. The van der Waals surface area contributed by atoms with Crippen molar-refractivity contribution in [3.63, 3.8) is 0 Å². The zero-order valence-electron chi connectivity index (χ0n) is 6.95. The van der Waals surface area contributed by atoms with E-state index in [1.807, 2.05) is 12.2 Å². The second-order valence-electron chi connectivity index (χ2n) is 2.08. The van der Waals surface area contributed by atoms with E-state index in [0.717, 1.165) is 25.4 Å². The summed E-state index contributed by atoms with van der Waals surface area (Å²) in [5, 5.41) is 0. The largest absolute Gasteiger partial charge is 0.385 e. The van der Waals surface area contributed by atoms with Gasteiger partial charge in [0.25, 0.3) is 0 Å². The molecule has 0 saturated carbocycles. The normalized spacial score (nSPS) is 11.1. The van der Waals surface area contributed by atoms with Gasteiger partial charge in [-0.2, -0.15) is 12.6 Å². The zero-order chi connectivity index (χ0) is 8.36. The van der Waals surface area contributed by atoms with Crippen LogP contribution in [0.25, 0.3) is 0 Å². The van der Waals surface area contributed by atoms with Gasteiger partial charge in [0.15, 0.2) is 0 Å². The van der Waals surface area contributed by atoms with E-state index in [9.17, 15) is 0 Å². The fourth-order valence-electron chi connectivity index (χ4n) is 0.599. The predicted molar refractivity (Wildman–Crippen MR) is 50.3 cm³/mol. The first kappa shape index (κ1) is 11.0. The van der Waals surface area contributed by atoms with Crippen molar-refractivity contribution < 1.29 is 9.47 Å². The monoisotopic (exact) mass is 176 g/mol. The molecule has 0 saturated heterocycles. The summed E-state index contributed by atoms with van der Waals surface area (Å²) in [6.45, 7) is 2.23. The Hall–Kier alpha value is 0.01000. The first-order chi connectivity index (χ1) is 5.41. The van der Waals surface area contributed by atoms with Crippen LogP contribution in [-0.4, -0.2) is 32.7 Å². The summed E-state index contributed by atoms with van der Waals surface area (Å²) < 4.78 is 10.1. The van der Waals surface area contributed by atoms with Gasteiger partial charge >= 0.3 is 0 Å². The van der Waals surface area contributed by atoms with Crippen LogP contribution in [0.2, 0.25) is 0 Å². The van der Waals surface area contributed by atoms with Crippen molar-refractivity contribution in [2.24, 2.45) is 0 Å². The van der Waals surface area contributed by atoms with Gasteiger partial charge in [-0.25, -0.2) is 0 Å². The van der Waals surface area contributed by atoms with E-state index in [2.05, 4.69) is 12.6 Å². The average Bonchev–Trinajstić information content (AvgIpc) is 2.03. The molecule has 0 aromatic rings. The highest BCUT2D eigenvalue weighted by molar-refractivity contribution is 7.80. The Balaban J connectivity index is 2.85. The van der Waals surface area contributed by atoms with Gasteiger partial charge in [0, 0.05) is 26.1 Å². The maximum absolute atomic E-state index is 5.24. The van der Waals surface area contributed by atoms with Gasteiger partial charge in [-0.3, -0.25) is 0 Å². The molecule has 0 unspecified atom stereocenters. The van der Waals surface area contributed by atoms with Crippen molar-refractivity contribution in [1.29, 1.82) is 0 Å². The molecule has 11 heavy (non-hydrogen) atoms. The van der Waals surface area contributed by atoms with E-state index in [0.29, 0.717) is 6.61 Å². The molecule has 0 bridgehead atoms. The highest BCUT2D eigenvalue weighted by Gasteiger charge is 1.84. The van der Waals surface area contributed by atoms with Gasteiger partial charge in [-0.05, 0) is 6.42 Å². The van der Waals surface area contributed by atoms with Gasteiger partial charge in [0.2, 0.25) is 0 Å². The van der Waals surface area contributed by atoms with Crippen molar-refractivity contribution in [1.82, 2.24) is 0 Å². The van der Waals surface area contributed by atoms with Crippen molar-refractivity contribution in [3.05, 3.63) is 12.2 Å². The molecule has 0 spiro atoms. The molecule has 0 atom stereocenters. The lowest BCUT2D eigenvalue weighted by Gasteiger charge is -1.99. The minimum atomic E-state index is 0.685. The molecule has 0 aromatic heterocycles. The summed E-state index contributed by atoms with van der Waals surface area (Å²) in [5.74, 6) is 0.779. The molecule has 66 valence electrons. The molecule has 3 heteroatoms.